The number of rotatable bonds is 14. The van der Waals surface area contributed by atoms with Crippen molar-refractivity contribution in [2.24, 2.45) is 0 Å². The number of hydrogen-bond acceptors (Lipinski definition) is 11. The third-order valence-corrected chi connectivity index (χ3v) is 7.70. The van der Waals surface area contributed by atoms with E-state index in [0.717, 1.165) is 25.0 Å². The summed E-state index contributed by atoms with van der Waals surface area (Å²) in [4.78, 5) is 0. The second kappa shape index (κ2) is 12.5. The fourth-order valence-electron chi connectivity index (χ4n) is 3.84. The highest BCUT2D eigenvalue weighted by molar-refractivity contribution is 7.92. The van der Waals surface area contributed by atoms with Crippen LogP contribution in [0.25, 0.3) is 22.6 Å². The lowest BCUT2D eigenvalue weighted by Crippen LogP contribution is -2.10. The molecule has 3 rings (SSSR count). The number of nitrogens with one attached hydrogen (secondary N) is 2. The smallest absolute Gasteiger partial charge is 0.264 e. The lowest BCUT2D eigenvalue weighted by molar-refractivity contribution is 0.325. The maximum absolute atomic E-state index is 11.8. The first-order chi connectivity index (χ1) is 18.8. The highest BCUT2D eigenvalue weighted by Crippen LogP contribution is 2.35. The van der Waals surface area contributed by atoms with Gasteiger partial charge in [-0.15, -0.1) is 0 Å². The van der Waals surface area contributed by atoms with Gasteiger partial charge in [-0.3, -0.25) is 17.8 Å². The molecule has 0 bridgehead atoms. The highest BCUT2D eigenvalue weighted by Gasteiger charge is 2.17. The zero-order chi connectivity index (χ0) is 30.6. The van der Waals surface area contributed by atoms with Crippen LogP contribution in [-0.2, 0) is 61.5 Å². The van der Waals surface area contributed by atoms with Gasteiger partial charge in [0.15, 0.2) is 0 Å². The summed E-state index contributed by atoms with van der Waals surface area (Å²) in [5.74, 6) is 0.595. The first-order valence-electron chi connectivity index (χ1n) is 11.8. The van der Waals surface area contributed by atoms with Crippen LogP contribution < -0.4 is 9.44 Å². The topological polar surface area (TPSA) is 192 Å². The van der Waals surface area contributed by atoms with Gasteiger partial charge in [0.1, 0.15) is 11.5 Å². The molecule has 1 aromatic heterocycles. The maximum atomic E-state index is 11.8. The molecule has 0 spiro atoms. The zero-order valence-corrected chi connectivity index (χ0v) is 25.8. The van der Waals surface area contributed by atoms with Crippen LogP contribution in [0.2, 0.25) is 0 Å². The Morgan fingerprint density at radius 3 is 1.27 bits per heavy atom. The zero-order valence-electron chi connectivity index (χ0n) is 22.6. The second-order valence-electron chi connectivity index (χ2n) is 9.21. The van der Waals surface area contributed by atoms with Crippen molar-refractivity contribution in [3.05, 3.63) is 59.7 Å². The standard InChI is InChI=1S/C24H30N2O11S4/c1-38(27,28)25-19-7-5-17(11-13-35-40(3,31)32)21(15-19)23-9-10-24(37-23)22-16-20(26-39(2,29)30)8-6-18(22)12-14-36-41(4,33)34/h5-10,15-16,25-26H,11-14H2,1-4H3. The number of sulfonamides is 2. The summed E-state index contributed by atoms with van der Waals surface area (Å²) in [7, 11) is -14.6. The molecule has 41 heavy (non-hydrogen) atoms. The first kappa shape index (κ1) is 32.6. The molecular weight excluding hydrogens is 621 g/mol. The van der Waals surface area contributed by atoms with E-state index in [1.165, 1.54) is 24.3 Å². The van der Waals surface area contributed by atoms with Crippen molar-refractivity contribution in [3.8, 4) is 22.6 Å². The summed E-state index contributed by atoms with van der Waals surface area (Å²) in [5, 5.41) is 0. The van der Waals surface area contributed by atoms with Crippen LogP contribution in [0.3, 0.4) is 0 Å². The second-order valence-corrected chi connectivity index (χ2v) is 16.0. The van der Waals surface area contributed by atoms with Crippen molar-refractivity contribution in [1.82, 2.24) is 0 Å². The Hall–Kier alpha value is -2.96. The Morgan fingerprint density at radius 2 is 0.951 bits per heavy atom. The molecule has 0 radical (unpaired) electrons. The molecule has 226 valence electrons. The maximum Gasteiger partial charge on any atom is 0.264 e. The minimum atomic E-state index is -3.69. The normalized spacial score (nSPS) is 12.8. The summed E-state index contributed by atoms with van der Waals surface area (Å²) >= 11 is 0. The van der Waals surface area contributed by atoms with Gasteiger partial charge in [-0.2, -0.15) is 16.8 Å². The molecule has 0 aliphatic carbocycles. The van der Waals surface area contributed by atoms with E-state index in [1.54, 1.807) is 24.3 Å². The van der Waals surface area contributed by atoms with E-state index < -0.39 is 40.3 Å². The molecule has 0 aliphatic rings. The van der Waals surface area contributed by atoms with Gasteiger partial charge in [0, 0.05) is 22.5 Å². The Kier molecular flexibility index (Phi) is 9.92. The lowest BCUT2D eigenvalue weighted by atomic mass is 10.0. The average Bonchev–Trinajstić information content (AvgIpc) is 3.27. The van der Waals surface area contributed by atoms with Gasteiger partial charge in [0.25, 0.3) is 20.2 Å². The van der Waals surface area contributed by atoms with Crippen LogP contribution in [0.15, 0.2) is 52.9 Å². The summed E-state index contributed by atoms with van der Waals surface area (Å²) in [6.45, 7) is -0.329. The van der Waals surface area contributed by atoms with Gasteiger partial charge in [0.2, 0.25) is 20.0 Å². The molecule has 2 aromatic carbocycles. The van der Waals surface area contributed by atoms with Crippen molar-refractivity contribution in [2.45, 2.75) is 12.8 Å². The van der Waals surface area contributed by atoms with E-state index in [0.29, 0.717) is 33.8 Å². The molecule has 0 saturated carbocycles. The molecule has 3 aromatic rings. The molecule has 0 amide bonds. The van der Waals surface area contributed by atoms with Crippen molar-refractivity contribution < 1.29 is 46.5 Å². The Labute approximate surface area is 240 Å². The van der Waals surface area contributed by atoms with E-state index >= 15 is 0 Å². The van der Waals surface area contributed by atoms with Crippen LogP contribution in [0, 0.1) is 0 Å². The molecule has 0 saturated heterocycles. The molecule has 0 fully saturated rings. The van der Waals surface area contributed by atoms with Gasteiger partial charge in [0.05, 0.1) is 38.2 Å². The quantitative estimate of drug-likeness (QED) is 0.243. The molecule has 1 heterocycles. The van der Waals surface area contributed by atoms with E-state index in [-0.39, 0.29) is 37.4 Å². The summed E-state index contributed by atoms with van der Waals surface area (Å²) in [6.07, 6.45) is 4.16. The van der Waals surface area contributed by atoms with Crippen molar-refractivity contribution >= 4 is 51.7 Å². The van der Waals surface area contributed by atoms with Gasteiger partial charge in [-0.25, -0.2) is 16.8 Å². The molecule has 0 atom stereocenters. The van der Waals surface area contributed by atoms with Gasteiger partial charge < -0.3 is 4.42 Å². The largest absolute Gasteiger partial charge is 0.456 e. The Balaban J connectivity index is 2.06. The van der Waals surface area contributed by atoms with Crippen LogP contribution in [0.5, 0.6) is 0 Å². The molecule has 2 N–H and O–H groups in total. The van der Waals surface area contributed by atoms with E-state index in [9.17, 15) is 33.7 Å². The van der Waals surface area contributed by atoms with Crippen molar-refractivity contribution in [2.75, 3.05) is 47.7 Å². The minimum Gasteiger partial charge on any atom is -0.456 e. The fourth-order valence-corrected chi connectivity index (χ4v) is 5.72. The Bertz CT molecular complexity index is 1710. The SMILES string of the molecule is CS(=O)(=O)Nc1ccc(CCOS(C)(=O)=O)c(-c2ccc(-c3cc(NS(C)(=O)=O)ccc3CCOS(C)(=O)=O)o2)c1. The van der Waals surface area contributed by atoms with Gasteiger partial charge in [-0.1, -0.05) is 12.1 Å². The van der Waals surface area contributed by atoms with Crippen LogP contribution in [0.4, 0.5) is 11.4 Å². The molecule has 17 heteroatoms. The predicted molar refractivity (Wildman–Crippen MR) is 156 cm³/mol. The van der Waals surface area contributed by atoms with Gasteiger partial charge in [-0.05, 0) is 60.4 Å². The van der Waals surface area contributed by atoms with E-state index in [4.69, 9.17) is 12.8 Å². The summed E-state index contributed by atoms with van der Waals surface area (Å²) in [5.41, 5.74) is 2.59. The van der Waals surface area contributed by atoms with Crippen LogP contribution in [0.1, 0.15) is 11.1 Å². The third-order valence-electron chi connectivity index (χ3n) is 5.30. The molecule has 13 nitrogen and oxygen atoms in total. The average molecular weight is 651 g/mol. The van der Waals surface area contributed by atoms with E-state index in [1.807, 2.05) is 0 Å². The van der Waals surface area contributed by atoms with Crippen molar-refractivity contribution in [1.29, 1.82) is 0 Å². The molecule has 0 aliphatic heterocycles. The predicted octanol–water partition coefficient (Wildman–Crippen LogP) is 2.39. The molecular formula is C24H30N2O11S4. The first-order valence-corrected chi connectivity index (χ1v) is 19.2. The number of anilines is 2. The summed E-state index contributed by atoms with van der Waals surface area (Å²) in [6, 6.07) is 12.5. The highest BCUT2D eigenvalue weighted by atomic mass is 32.2. The van der Waals surface area contributed by atoms with Gasteiger partial charge >= 0.3 is 0 Å². The number of benzene rings is 2. The monoisotopic (exact) mass is 650 g/mol. The summed E-state index contributed by atoms with van der Waals surface area (Å²) < 4.78 is 114. The number of furan rings is 1. The third kappa shape index (κ3) is 11.1. The van der Waals surface area contributed by atoms with E-state index in [2.05, 4.69) is 9.44 Å². The number of hydrogen-bond donors (Lipinski definition) is 2. The van der Waals surface area contributed by atoms with Crippen molar-refractivity contribution in [3.63, 3.8) is 0 Å². The minimum absolute atomic E-state index is 0.152. The Morgan fingerprint density at radius 1 is 0.585 bits per heavy atom. The van der Waals surface area contributed by atoms with Crippen LogP contribution >= 0.6 is 0 Å². The van der Waals surface area contributed by atoms with Crippen LogP contribution in [-0.4, -0.2) is 71.9 Å². The molecule has 0 unspecified atom stereocenters. The fraction of sp³-hybridized carbons (Fsp3) is 0.333. The lowest BCUT2D eigenvalue weighted by Gasteiger charge is -2.13.